The molecule has 1 fully saturated rings. The number of hydrogen-bond acceptors (Lipinski definition) is 4. The van der Waals surface area contributed by atoms with Crippen molar-refractivity contribution in [3.05, 3.63) is 71.8 Å². The van der Waals surface area contributed by atoms with E-state index in [4.69, 9.17) is 4.74 Å². The van der Waals surface area contributed by atoms with Crippen LogP contribution in [0.1, 0.15) is 28.8 Å². The van der Waals surface area contributed by atoms with Crippen molar-refractivity contribution >= 4 is 17.3 Å². The minimum Gasteiger partial charge on any atom is -0.497 e. The van der Waals surface area contributed by atoms with E-state index in [2.05, 4.69) is 15.7 Å². The van der Waals surface area contributed by atoms with Crippen LogP contribution in [0.25, 0.3) is 0 Å². The molecule has 2 aromatic carbocycles. The van der Waals surface area contributed by atoms with E-state index >= 15 is 0 Å². The Morgan fingerprint density at radius 3 is 2.75 bits per heavy atom. The lowest BCUT2D eigenvalue weighted by Crippen LogP contribution is -2.15. The summed E-state index contributed by atoms with van der Waals surface area (Å²) in [5.41, 5.74) is 2.17. The van der Waals surface area contributed by atoms with Crippen LogP contribution in [-0.4, -0.2) is 28.8 Å². The standard InChI is InChI=1S/C21H21FN4O2/c1-28-17-9-5-14(6-10-17)12-26-13-15(11-23-26)21(27)25-20-18(22)3-2-4-19(20)24-16-7-8-16/h2-6,9-11,13,16,24H,7-8,12H2,1H3,(H,25,27). The molecule has 0 radical (unpaired) electrons. The zero-order valence-corrected chi connectivity index (χ0v) is 15.5. The van der Waals surface area contributed by atoms with Gasteiger partial charge in [-0.3, -0.25) is 9.48 Å². The molecule has 0 bridgehead atoms. The zero-order valence-electron chi connectivity index (χ0n) is 15.5. The van der Waals surface area contributed by atoms with Gasteiger partial charge in [-0.2, -0.15) is 5.10 Å². The number of methoxy groups -OCH3 is 1. The average Bonchev–Trinajstić information content (AvgIpc) is 3.40. The first kappa shape index (κ1) is 18.0. The molecule has 0 atom stereocenters. The van der Waals surface area contributed by atoms with E-state index in [0.29, 0.717) is 23.8 Å². The number of carbonyl (C=O) groups excluding carboxylic acids is 1. The average molecular weight is 380 g/mol. The summed E-state index contributed by atoms with van der Waals surface area (Å²) < 4.78 is 21.1. The molecule has 6 nitrogen and oxygen atoms in total. The summed E-state index contributed by atoms with van der Waals surface area (Å²) in [6.45, 7) is 0.519. The van der Waals surface area contributed by atoms with Crippen molar-refractivity contribution in [2.75, 3.05) is 17.7 Å². The molecule has 0 spiro atoms. The number of hydrogen-bond donors (Lipinski definition) is 2. The summed E-state index contributed by atoms with van der Waals surface area (Å²) in [5, 5.41) is 10.2. The fourth-order valence-electron chi connectivity index (χ4n) is 2.89. The third-order valence-electron chi connectivity index (χ3n) is 4.59. The second kappa shape index (κ2) is 7.72. The zero-order chi connectivity index (χ0) is 19.5. The van der Waals surface area contributed by atoms with E-state index in [1.54, 1.807) is 30.1 Å². The van der Waals surface area contributed by atoms with Crippen molar-refractivity contribution in [1.29, 1.82) is 0 Å². The fourth-order valence-corrected chi connectivity index (χ4v) is 2.89. The third kappa shape index (κ3) is 4.14. The Morgan fingerprint density at radius 1 is 1.25 bits per heavy atom. The highest BCUT2D eigenvalue weighted by Crippen LogP contribution is 2.31. The minimum absolute atomic E-state index is 0.169. The van der Waals surface area contributed by atoms with Gasteiger partial charge in [0, 0.05) is 12.2 Å². The summed E-state index contributed by atoms with van der Waals surface area (Å²) in [7, 11) is 1.62. The minimum atomic E-state index is -0.468. The Kier molecular flexibility index (Phi) is 4.97. The van der Waals surface area contributed by atoms with Crippen LogP contribution in [0, 0.1) is 5.82 Å². The second-order valence-electron chi connectivity index (χ2n) is 6.81. The van der Waals surface area contributed by atoms with Gasteiger partial charge in [-0.05, 0) is 42.7 Å². The summed E-state index contributed by atoms with van der Waals surface area (Å²) in [6.07, 6.45) is 5.24. The van der Waals surface area contributed by atoms with E-state index in [1.807, 2.05) is 24.3 Å². The van der Waals surface area contributed by atoms with Gasteiger partial charge in [-0.15, -0.1) is 0 Å². The molecule has 0 saturated heterocycles. The number of carbonyl (C=O) groups is 1. The Hall–Kier alpha value is -3.35. The van der Waals surface area contributed by atoms with Crippen LogP contribution in [-0.2, 0) is 6.54 Å². The third-order valence-corrected chi connectivity index (χ3v) is 4.59. The van der Waals surface area contributed by atoms with Gasteiger partial charge in [0.15, 0.2) is 0 Å². The second-order valence-corrected chi connectivity index (χ2v) is 6.81. The van der Waals surface area contributed by atoms with Crippen molar-refractivity contribution in [1.82, 2.24) is 9.78 Å². The predicted octanol–water partition coefficient (Wildman–Crippen LogP) is 3.91. The summed E-state index contributed by atoms with van der Waals surface area (Å²) in [5.74, 6) is -0.0840. The van der Waals surface area contributed by atoms with Crippen LogP contribution in [0.5, 0.6) is 5.75 Å². The van der Waals surface area contributed by atoms with Crippen LogP contribution in [0.3, 0.4) is 0 Å². The van der Waals surface area contributed by atoms with Crippen LogP contribution in [0.2, 0.25) is 0 Å². The molecule has 144 valence electrons. The monoisotopic (exact) mass is 380 g/mol. The molecule has 1 aliphatic carbocycles. The molecule has 1 heterocycles. The number of benzene rings is 2. The molecule has 1 saturated carbocycles. The van der Waals surface area contributed by atoms with E-state index in [1.165, 1.54) is 12.3 Å². The Labute approximate surface area is 162 Å². The number of aromatic nitrogens is 2. The molecule has 28 heavy (non-hydrogen) atoms. The summed E-state index contributed by atoms with van der Waals surface area (Å²) in [4.78, 5) is 12.6. The van der Waals surface area contributed by atoms with Gasteiger partial charge in [-0.25, -0.2) is 4.39 Å². The van der Waals surface area contributed by atoms with Gasteiger partial charge in [0.2, 0.25) is 0 Å². The smallest absolute Gasteiger partial charge is 0.258 e. The van der Waals surface area contributed by atoms with Gasteiger partial charge in [0.1, 0.15) is 17.3 Å². The fraction of sp³-hybridized carbons (Fsp3) is 0.238. The summed E-state index contributed by atoms with van der Waals surface area (Å²) in [6, 6.07) is 12.7. The highest BCUT2D eigenvalue weighted by atomic mass is 19.1. The van der Waals surface area contributed by atoms with Crippen LogP contribution >= 0.6 is 0 Å². The van der Waals surface area contributed by atoms with Crippen LogP contribution in [0.15, 0.2) is 54.9 Å². The van der Waals surface area contributed by atoms with Crippen molar-refractivity contribution in [3.8, 4) is 5.75 Å². The van der Waals surface area contributed by atoms with Crippen LogP contribution < -0.4 is 15.4 Å². The first-order valence-electron chi connectivity index (χ1n) is 9.14. The Morgan fingerprint density at radius 2 is 2.04 bits per heavy atom. The molecule has 1 aliphatic rings. The van der Waals surface area contributed by atoms with Crippen molar-refractivity contribution in [2.24, 2.45) is 0 Å². The number of amides is 1. The van der Waals surface area contributed by atoms with E-state index in [-0.39, 0.29) is 5.69 Å². The van der Waals surface area contributed by atoms with Gasteiger partial charge in [-0.1, -0.05) is 18.2 Å². The first-order valence-corrected chi connectivity index (χ1v) is 9.14. The molecule has 7 heteroatoms. The lowest BCUT2D eigenvalue weighted by Gasteiger charge is -2.13. The molecular weight excluding hydrogens is 359 g/mol. The largest absolute Gasteiger partial charge is 0.497 e. The molecule has 1 aromatic heterocycles. The maximum Gasteiger partial charge on any atom is 0.258 e. The molecule has 4 rings (SSSR count). The maximum atomic E-state index is 14.3. The highest BCUT2D eigenvalue weighted by Gasteiger charge is 2.23. The number of nitrogens with one attached hydrogen (secondary N) is 2. The molecule has 3 aromatic rings. The Bertz CT molecular complexity index is 980. The SMILES string of the molecule is COc1ccc(Cn2cc(C(=O)Nc3c(F)cccc3NC3CC3)cn2)cc1. The van der Waals surface area contributed by atoms with Gasteiger partial charge in [0.05, 0.1) is 31.1 Å². The highest BCUT2D eigenvalue weighted by molar-refractivity contribution is 6.05. The van der Waals surface area contributed by atoms with Crippen molar-refractivity contribution in [2.45, 2.75) is 25.4 Å². The van der Waals surface area contributed by atoms with Crippen LogP contribution in [0.4, 0.5) is 15.8 Å². The van der Waals surface area contributed by atoms with Crippen molar-refractivity contribution in [3.63, 3.8) is 0 Å². The van der Waals surface area contributed by atoms with E-state index in [9.17, 15) is 9.18 Å². The van der Waals surface area contributed by atoms with Gasteiger partial charge in [0.25, 0.3) is 5.91 Å². The van der Waals surface area contributed by atoms with Crippen molar-refractivity contribution < 1.29 is 13.9 Å². The van der Waals surface area contributed by atoms with E-state index < -0.39 is 11.7 Å². The number of anilines is 2. The number of nitrogens with zero attached hydrogens (tertiary/aromatic N) is 2. The number of para-hydroxylation sites is 1. The lowest BCUT2D eigenvalue weighted by molar-refractivity contribution is 0.102. The number of halogens is 1. The number of ether oxygens (including phenoxy) is 1. The van der Waals surface area contributed by atoms with Gasteiger partial charge >= 0.3 is 0 Å². The lowest BCUT2D eigenvalue weighted by atomic mass is 10.2. The molecule has 0 aliphatic heterocycles. The molecule has 2 N–H and O–H groups in total. The maximum absolute atomic E-state index is 14.3. The molecular formula is C21H21FN4O2. The molecule has 0 unspecified atom stereocenters. The Balaban J connectivity index is 1.46. The first-order chi connectivity index (χ1) is 13.6. The quantitative estimate of drug-likeness (QED) is 0.652. The van der Waals surface area contributed by atoms with E-state index in [0.717, 1.165) is 24.2 Å². The molecule has 1 amide bonds. The number of rotatable bonds is 7. The normalized spacial score (nSPS) is 13.2. The topological polar surface area (TPSA) is 68.2 Å². The predicted molar refractivity (Wildman–Crippen MR) is 105 cm³/mol. The van der Waals surface area contributed by atoms with Gasteiger partial charge < -0.3 is 15.4 Å². The summed E-state index contributed by atoms with van der Waals surface area (Å²) >= 11 is 0.